The summed E-state index contributed by atoms with van der Waals surface area (Å²) >= 11 is 0. The Kier molecular flexibility index (Phi) is 5.72. The Balaban J connectivity index is 2.50. The lowest BCUT2D eigenvalue weighted by atomic mass is 9.92. The molecule has 8 nitrogen and oxygen atoms in total. The smallest absolute Gasteiger partial charge is 0.342 e. The first-order valence-corrected chi connectivity index (χ1v) is 9.14. The standard InChI is InChI=1S/C21H19FN2O6/c1-2-3-8-30-17-11-7-5-4-6-10(11)13(22)9-12(17)14-15(20(26)27)18(23)24-19(25)16(14)21(28)29/h4-7,9H,2-3,8H2,1H3,(H,26,27)(H,28,29)(H3,23,24,25). The number of carbonyl (C=O) groups is 2. The number of ether oxygens (including phenoxy) is 1. The Labute approximate surface area is 169 Å². The molecule has 0 atom stereocenters. The second kappa shape index (κ2) is 8.24. The maximum Gasteiger partial charge on any atom is 0.342 e. The number of pyridine rings is 1. The van der Waals surface area contributed by atoms with Gasteiger partial charge in [0.05, 0.1) is 6.61 Å². The van der Waals surface area contributed by atoms with E-state index in [1.165, 1.54) is 6.07 Å². The van der Waals surface area contributed by atoms with Crippen molar-refractivity contribution in [1.29, 1.82) is 0 Å². The van der Waals surface area contributed by atoms with Crippen molar-refractivity contribution in [3.63, 3.8) is 0 Å². The number of nitrogen functional groups attached to an aromatic ring is 1. The maximum absolute atomic E-state index is 14.9. The largest absolute Gasteiger partial charge is 0.492 e. The molecule has 0 radical (unpaired) electrons. The van der Waals surface area contributed by atoms with Crippen LogP contribution in [0.1, 0.15) is 40.5 Å². The van der Waals surface area contributed by atoms with E-state index in [0.717, 1.165) is 12.5 Å². The number of unbranched alkanes of at least 4 members (excludes halogenated alkanes) is 1. The number of aromatic amines is 1. The molecule has 1 heterocycles. The molecule has 0 spiro atoms. The molecule has 0 aliphatic rings. The van der Waals surface area contributed by atoms with Crippen LogP contribution in [0.25, 0.3) is 21.9 Å². The highest BCUT2D eigenvalue weighted by Crippen LogP contribution is 2.41. The van der Waals surface area contributed by atoms with Crippen LogP contribution >= 0.6 is 0 Å². The zero-order chi connectivity index (χ0) is 22.0. The minimum Gasteiger partial charge on any atom is -0.492 e. The van der Waals surface area contributed by atoms with Crippen molar-refractivity contribution in [2.75, 3.05) is 12.3 Å². The molecule has 30 heavy (non-hydrogen) atoms. The van der Waals surface area contributed by atoms with Crippen LogP contribution in [0.5, 0.6) is 5.75 Å². The molecule has 0 saturated heterocycles. The summed E-state index contributed by atoms with van der Waals surface area (Å²) in [6.45, 7) is 2.16. The number of hydrogen-bond acceptors (Lipinski definition) is 5. The molecule has 3 rings (SSSR count). The number of halogens is 1. The molecule has 5 N–H and O–H groups in total. The van der Waals surface area contributed by atoms with Gasteiger partial charge in [-0.05, 0) is 12.5 Å². The zero-order valence-electron chi connectivity index (χ0n) is 16.0. The number of fused-ring (bicyclic) bond motifs is 1. The van der Waals surface area contributed by atoms with Crippen molar-refractivity contribution in [2.24, 2.45) is 0 Å². The number of nitrogens with two attached hydrogens (primary N) is 1. The van der Waals surface area contributed by atoms with E-state index in [4.69, 9.17) is 10.5 Å². The summed E-state index contributed by atoms with van der Waals surface area (Å²) in [5.41, 5.74) is 2.39. The molecule has 0 aliphatic carbocycles. The molecule has 0 unspecified atom stereocenters. The Morgan fingerprint density at radius 2 is 1.77 bits per heavy atom. The normalized spacial score (nSPS) is 10.9. The van der Waals surface area contributed by atoms with Crippen molar-refractivity contribution < 1.29 is 28.9 Å². The SMILES string of the molecule is CCCCOc1c(-c2c(C(=O)O)c(N)[nH]c(=O)c2C(=O)O)cc(F)c2ccccc12. The minimum absolute atomic E-state index is 0.0791. The highest BCUT2D eigenvalue weighted by atomic mass is 19.1. The van der Waals surface area contributed by atoms with Gasteiger partial charge in [-0.1, -0.05) is 37.6 Å². The van der Waals surface area contributed by atoms with Gasteiger partial charge in [0, 0.05) is 21.9 Å². The monoisotopic (exact) mass is 414 g/mol. The third-order valence-electron chi connectivity index (χ3n) is 4.63. The van der Waals surface area contributed by atoms with Crippen LogP contribution in [0.2, 0.25) is 0 Å². The van der Waals surface area contributed by atoms with Crippen molar-refractivity contribution >= 4 is 28.5 Å². The Hall–Kier alpha value is -3.88. The van der Waals surface area contributed by atoms with Gasteiger partial charge in [0.25, 0.3) is 5.56 Å². The number of aromatic carboxylic acids is 2. The van der Waals surface area contributed by atoms with Crippen LogP contribution in [0.15, 0.2) is 35.1 Å². The number of hydrogen-bond donors (Lipinski definition) is 4. The van der Waals surface area contributed by atoms with E-state index < -0.39 is 45.8 Å². The van der Waals surface area contributed by atoms with Crippen LogP contribution in [0.3, 0.4) is 0 Å². The molecule has 3 aromatic rings. The van der Waals surface area contributed by atoms with Crippen molar-refractivity contribution in [3.8, 4) is 16.9 Å². The van der Waals surface area contributed by atoms with Gasteiger partial charge in [-0.15, -0.1) is 0 Å². The Bertz CT molecular complexity index is 1220. The lowest BCUT2D eigenvalue weighted by Gasteiger charge is -2.18. The molecule has 156 valence electrons. The first-order chi connectivity index (χ1) is 14.3. The van der Waals surface area contributed by atoms with E-state index in [1.807, 2.05) is 11.9 Å². The molecule has 1 aromatic heterocycles. The van der Waals surface area contributed by atoms with Gasteiger partial charge >= 0.3 is 11.9 Å². The number of nitrogens with one attached hydrogen (secondary N) is 1. The summed E-state index contributed by atoms with van der Waals surface area (Å²) in [5.74, 6) is -4.44. The topological polar surface area (TPSA) is 143 Å². The fraction of sp³-hybridized carbons (Fsp3) is 0.190. The van der Waals surface area contributed by atoms with Gasteiger partial charge in [0.2, 0.25) is 0 Å². The minimum atomic E-state index is -1.68. The van der Waals surface area contributed by atoms with Gasteiger partial charge in [-0.3, -0.25) is 4.79 Å². The predicted molar refractivity (Wildman–Crippen MR) is 109 cm³/mol. The van der Waals surface area contributed by atoms with Gasteiger partial charge < -0.3 is 25.7 Å². The van der Waals surface area contributed by atoms with E-state index in [2.05, 4.69) is 0 Å². The first-order valence-electron chi connectivity index (χ1n) is 9.14. The molecule has 0 bridgehead atoms. The molecule has 0 fully saturated rings. The van der Waals surface area contributed by atoms with Crippen molar-refractivity contribution in [2.45, 2.75) is 19.8 Å². The number of aromatic nitrogens is 1. The van der Waals surface area contributed by atoms with Crippen molar-refractivity contribution in [1.82, 2.24) is 4.98 Å². The van der Waals surface area contributed by atoms with Gasteiger partial charge in [0.1, 0.15) is 28.5 Å². The molecule has 9 heteroatoms. The summed E-state index contributed by atoms with van der Waals surface area (Å²) in [5, 5.41) is 19.8. The maximum atomic E-state index is 14.9. The summed E-state index contributed by atoms with van der Waals surface area (Å²) in [6, 6.07) is 7.32. The number of carboxylic acid groups (broad SMARTS) is 2. The average Bonchev–Trinajstić information content (AvgIpc) is 2.68. The number of rotatable bonds is 7. The number of benzene rings is 2. The van der Waals surface area contributed by atoms with Crippen LogP contribution in [-0.2, 0) is 0 Å². The molecule has 2 aromatic carbocycles. The van der Waals surface area contributed by atoms with Crippen molar-refractivity contribution in [3.05, 3.63) is 57.6 Å². The quantitative estimate of drug-likeness (QED) is 0.433. The summed E-state index contributed by atoms with van der Waals surface area (Å²) < 4.78 is 20.7. The van der Waals surface area contributed by atoms with Crippen LogP contribution in [0.4, 0.5) is 10.2 Å². The molecule has 0 saturated carbocycles. The number of carboxylic acids is 2. The summed E-state index contributed by atoms with van der Waals surface area (Å²) in [4.78, 5) is 38.1. The first kappa shape index (κ1) is 20.8. The highest BCUT2D eigenvalue weighted by Gasteiger charge is 2.29. The summed E-state index contributed by atoms with van der Waals surface area (Å²) in [6.07, 6.45) is 1.45. The van der Waals surface area contributed by atoms with Gasteiger partial charge in [0.15, 0.2) is 0 Å². The Morgan fingerprint density at radius 1 is 1.13 bits per heavy atom. The van der Waals surface area contributed by atoms with E-state index in [1.54, 1.807) is 18.2 Å². The van der Waals surface area contributed by atoms with E-state index in [9.17, 15) is 29.0 Å². The van der Waals surface area contributed by atoms with Crippen LogP contribution < -0.4 is 16.0 Å². The fourth-order valence-corrected chi connectivity index (χ4v) is 3.28. The fourth-order valence-electron chi connectivity index (χ4n) is 3.28. The van der Waals surface area contributed by atoms with E-state index >= 15 is 0 Å². The van der Waals surface area contributed by atoms with Gasteiger partial charge in [-0.2, -0.15) is 0 Å². The third-order valence-corrected chi connectivity index (χ3v) is 4.63. The number of anilines is 1. The zero-order valence-corrected chi connectivity index (χ0v) is 16.0. The molecular weight excluding hydrogens is 395 g/mol. The van der Waals surface area contributed by atoms with Crippen LogP contribution in [-0.4, -0.2) is 33.7 Å². The second-order valence-corrected chi connectivity index (χ2v) is 6.59. The van der Waals surface area contributed by atoms with Crippen LogP contribution in [0, 0.1) is 5.82 Å². The predicted octanol–water partition coefficient (Wildman–Crippen LogP) is 3.49. The second-order valence-electron chi connectivity index (χ2n) is 6.59. The lowest BCUT2D eigenvalue weighted by Crippen LogP contribution is -2.24. The lowest BCUT2D eigenvalue weighted by molar-refractivity contribution is 0.0695. The van der Waals surface area contributed by atoms with E-state index in [-0.39, 0.29) is 23.3 Å². The third kappa shape index (κ3) is 3.57. The number of H-pyrrole nitrogens is 1. The molecular formula is C21H19FN2O6. The molecule has 0 aliphatic heterocycles. The summed E-state index contributed by atoms with van der Waals surface area (Å²) in [7, 11) is 0. The van der Waals surface area contributed by atoms with E-state index in [0.29, 0.717) is 11.8 Å². The highest BCUT2D eigenvalue weighted by molar-refractivity contribution is 6.10. The average molecular weight is 414 g/mol. The van der Waals surface area contributed by atoms with Gasteiger partial charge in [-0.25, -0.2) is 14.0 Å². The Morgan fingerprint density at radius 3 is 2.37 bits per heavy atom. The molecule has 0 amide bonds.